The predicted molar refractivity (Wildman–Crippen MR) is 67.0 cm³/mol. The number of carbonyl (C=O) groups is 3. The van der Waals surface area contributed by atoms with Crippen molar-refractivity contribution >= 4 is 18.0 Å². The molecule has 1 aromatic heterocycles. The number of carboxylic acid groups (broad SMARTS) is 2. The summed E-state index contributed by atoms with van der Waals surface area (Å²) in [7, 11) is 0. The number of carboxylic acids is 2. The molecule has 0 aliphatic carbocycles. The fraction of sp³-hybridized carbons (Fsp3) is 0.417. The van der Waals surface area contributed by atoms with Gasteiger partial charge in [0.2, 0.25) is 0 Å². The smallest absolute Gasteiger partial charge is 0.326 e. The molecule has 0 aliphatic rings. The van der Waals surface area contributed by atoms with E-state index in [2.05, 4.69) is 5.32 Å². The maximum absolute atomic E-state index is 11.9. The lowest BCUT2D eigenvalue weighted by molar-refractivity contribution is -0.145. The maximum atomic E-state index is 11.9. The van der Waals surface area contributed by atoms with E-state index in [0.29, 0.717) is 12.3 Å². The average molecular weight is 284 g/mol. The van der Waals surface area contributed by atoms with E-state index in [1.807, 2.05) is 0 Å². The minimum atomic E-state index is -1.47. The van der Waals surface area contributed by atoms with Crippen LogP contribution < -0.4 is 5.32 Å². The Morgan fingerprint density at radius 1 is 1.40 bits per heavy atom. The Morgan fingerprint density at radius 3 is 2.55 bits per heavy atom. The number of carbonyl (C=O) groups excluding carboxylic acids is 1. The van der Waals surface area contributed by atoms with Crippen LogP contribution in [0.3, 0.4) is 0 Å². The summed E-state index contributed by atoms with van der Waals surface area (Å²) in [4.78, 5) is 34.7. The van der Waals surface area contributed by atoms with Gasteiger partial charge in [0.1, 0.15) is 11.8 Å². The van der Waals surface area contributed by atoms with Crippen molar-refractivity contribution in [1.29, 1.82) is 0 Å². The summed E-state index contributed by atoms with van der Waals surface area (Å²) in [6.45, 7) is 2.22. The average Bonchev–Trinajstić information content (AvgIpc) is 2.87. The van der Waals surface area contributed by atoms with E-state index >= 15 is 0 Å². The minimum absolute atomic E-state index is 0.175. The molecule has 0 unspecified atom stereocenters. The van der Waals surface area contributed by atoms with Gasteiger partial charge in [-0.15, -0.1) is 0 Å². The first-order chi connectivity index (χ1) is 9.43. The SMILES string of the molecule is CCN(Cc1ccco1)C(=O)N[C@@H](CC(=O)O)C(=O)O. The van der Waals surface area contributed by atoms with E-state index in [9.17, 15) is 14.4 Å². The second kappa shape index (κ2) is 7.17. The Labute approximate surface area is 115 Å². The van der Waals surface area contributed by atoms with Gasteiger partial charge in [0.05, 0.1) is 19.2 Å². The standard InChI is InChI=1S/C12H16N2O6/c1-2-14(7-8-4-3-5-20-8)12(19)13-9(11(17)18)6-10(15)16/h3-5,9H,2,6-7H2,1H3,(H,13,19)(H,15,16)(H,17,18)/t9-/m0/s1. The normalized spacial score (nSPS) is 11.7. The van der Waals surface area contributed by atoms with Crippen molar-refractivity contribution in [3.63, 3.8) is 0 Å². The number of furan rings is 1. The molecule has 0 saturated carbocycles. The number of urea groups is 1. The first kappa shape index (κ1) is 15.5. The summed E-state index contributed by atoms with van der Waals surface area (Å²) in [6, 6.07) is 1.23. The van der Waals surface area contributed by atoms with Crippen LogP contribution in [-0.4, -0.2) is 45.7 Å². The van der Waals surface area contributed by atoms with Crippen LogP contribution in [0.25, 0.3) is 0 Å². The molecule has 110 valence electrons. The Bertz CT molecular complexity index is 470. The highest BCUT2D eigenvalue weighted by Gasteiger charge is 2.25. The van der Waals surface area contributed by atoms with Crippen molar-refractivity contribution in [3.05, 3.63) is 24.2 Å². The highest BCUT2D eigenvalue weighted by molar-refractivity contribution is 5.86. The molecule has 2 amide bonds. The van der Waals surface area contributed by atoms with E-state index in [4.69, 9.17) is 14.6 Å². The highest BCUT2D eigenvalue weighted by Crippen LogP contribution is 2.06. The first-order valence-corrected chi connectivity index (χ1v) is 5.96. The second-order valence-electron chi connectivity index (χ2n) is 4.03. The summed E-state index contributed by atoms with van der Waals surface area (Å²) in [5, 5.41) is 19.6. The molecular formula is C12H16N2O6. The zero-order valence-corrected chi connectivity index (χ0v) is 10.9. The van der Waals surface area contributed by atoms with Crippen molar-refractivity contribution in [2.24, 2.45) is 0 Å². The molecule has 3 N–H and O–H groups in total. The van der Waals surface area contributed by atoms with Gasteiger partial charge in [0.15, 0.2) is 0 Å². The molecule has 1 heterocycles. The number of rotatable bonds is 7. The Kier molecular flexibility index (Phi) is 5.57. The van der Waals surface area contributed by atoms with Gasteiger partial charge in [-0.3, -0.25) is 4.79 Å². The number of nitrogens with one attached hydrogen (secondary N) is 1. The van der Waals surface area contributed by atoms with Crippen molar-refractivity contribution in [2.75, 3.05) is 6.54 Å². The molecule has 0 fully saturated rings. The van der Waals surface area contributed by atoms with Crippen LogP contribution in [0.2, 0.25) is 0 Å². The van der Waals surface area contributed by atoms with Gasteiger partial charge >= 0.3 is 18.0 Å². The molecule has 1 atom stereocenters. The van der Waals surface area contributed by atoms with Crippen molar-refractivity contribution in [3.8, 4) is 0 Å². The van der Waals surface area contributed by atoms with Gasteiger partial charge in [0, 0.05) is 6.54 Å². The van der Waals surface area contributed by atoms with E-state index in [0.717, 1.165) is 0 Å². The summed E-state index contributed by atoms with van der Waals surface area (Å²) in [5.74, 6) is -2.14. The molecule has 0 radical (unpaired) electrons. The zero-order valence-electron chi connectivity index (χ0n) is 10.9. The Morgan fingerprint density at radius 2 is 2.10 bits per heavy atom. The van der Waals surface area contributed by atoms with Gasteiger partial charge in [-0.25, -0.2) is 9.59 Å². The summed E-state index contributed by atoms with van der Waals surface area (Å²) >= 11 is 0. The third kappa shape index (κ3) is 4.63. The second-order valence-corrected chi connectivity index (χ2v) is 4.03. The monoisotopic (exact) mass is 284 g/mol. The molecule has 0 spiro atoms. The molecular weight excluding hydrogens is 268 g/mol. The maximum Gasteiger partial charge on any atom is 0.326 e. The van der Waals surface area contributed by atoms with E-state index in [1.165, 1.54) is 11.2 Å². The molecule has 0 aliphatic heterocycles. The number of amides is 2. The van der Waals surface area contributed by atoms with Gasteiger partial charge in [-0.2, -0.15) is 0 Å². The van der Waals surface area contributed by atoms with Crippen molar-refractivity contribution in [1.82, 2.24) is 10.2 Å². The summed E-state index contributed by atoms with van der Waals surface area (Å²) in [6.07, 6.45) is 0.783. The Hall–Kier alpha value is -2.51. The van der Waals surface area contributed by atoms with Crippen molar-refractivity contribution < 1.29 is 29.0 Å². The number of nitrogens with zero attached hydrogens (tertiary/aromatic N) is 1. The van der Waals surface area contributed by atoms with Gasteiger partial charge in [0.25, 0.3) is 0 Å². The minimum Gasteiger partial charge on any atom is -0.481 e. The van der Waals surface area contributed by atoms with E-state index < -0.39 is 30.4 Å². The fourth-order valence-electron chi connectivity index (χ4n) is 1.53. The van der Waals surface area contributed by atoms with Gasteiger partial charge < -0.3 is 24.8 Å². The highest BCUT2D eigenvalue weighted by atomic mass is 16.4. The topological polar surface area (TPSA) is 120 Å². The predicted octanol–water partition coefficient (Wildman–Crippen LogP) is 0.739. The summed E-state index contributed by atoms with van der Waals surface area (Å²) < 4.78 is 5.10. The molecule has 20 heavy (non-hydrogen) atoms. The lowest BCUT2D eigenvalue weighted by atomic mass is 10.2. The zero-order chi connectivity index (χ0) is 15.1. The van der Waals surface area contributed by atoms with Gasteiger partial charge in [-0.1, -0.05) is 0 Å². The molecule has 8 nitrogen and oxygen atoms in total. The van der Waals surface area contributed by atoms with Crippen LogP contribution >= 0.6 is 0 Å². The van der Waals surface area contributed by atoms with Crippen LogP contribution in [0, 0.1) is 0 Å². The Balaban J connectivity index is 2.65. The molecule has 0 bridgehead atoms. The van der Waals surface area contributed by atoms with Crippen LogP contribution in [0.5, 0.6) is 0 Å². The third-order valence-electron chi connectivity index (χ3n) is 2.57. The van der Waals surface area contributed by atoms with Crippen LogP contribution in [-0.2, 0) is 16.1 Å². The van der Waals surface area contributed by atoms with Crippen molar-refractivity contribution in [2.45, 2.75) is 25.9 Å². The van der Waals surface area contributed by atoms with E-state index in [1.54, 1.807) is 19.1 Å². The number of hydrogen-bond acceptors (Lipinski definition) is 4. The number of hydrogen-bond donors (Lipinski definition) is 3. The number of aliphatic carboxylic acids is 2. The molecule has 0 aromatic carbocycles. The van der Waals surface area contributed by atoms with Gasteiger partial charge in [-0.05, 0) is 19.1 Å². The molecule has 0 saturated heterocycles. The molecule has 1 rings (SSSR count). The van der Waals surface area contributed by atoms with Crippen LogP contribution in [0.1, 0.15) is 19.1 Å². The largest absolute Gasteiger partial charge is 0.481 e. The van der Waals surface area contributed by atoms with Crippen LogP contribution in [0.4, 0.5) is 4.79 Å². The van der Waals surface area contributed by atoms with E-state index in [-0.39, 0.29) is 6.54 Å². The summed E-state index contributed by atoms with van der Waals surface area (Å²) in [5.41, 5.74) is 0. The molecule has 8 heteroatoms. The quantitative estimate of drug-likeness (QED) is 0.679. The lowest BCUT2D eigenvalue weighted by Crippen LogP contribution is -2.48. The third-order valence-corrected chi connectivity index (χ3v) is 2.57. The lowest BCUT2D eigenvalue weighted by Gasteiger charge is -2.22. The van der Waals surface area contributed by atoms with Crippen LogP contribution in [0.15, 0.2) is 22.8 Å². The molecule has 1 aromatic rings. The fourth-order valence-corrected chi connectivity index (χ4v) is 1.53. The first-order valence-electron chi connectivity index (χ1n) is 5.96.